The molecule has 0 bridgehead atoms. The number of nitrogens with zero attached hydrogens (tertiary/aromatic N) is 2. The Morgan fingerprint density at radius 3 is 2.38 bits per heavy atom. The molecule has 0 saturated carbocycles. The van der Waals surface area contributed by atoms with Crippen LogP contribution in [0.15, 0.2) is 89.2 Å². The highest BCUT2D eigenvalue weighted by Gasteiger charge is 2.12. The Morgan fingerprint density at radius 1 is 0.941 bits per heavy atom. The van der Waals surface area contributed by atoms with Crippen molar-refractivity contribution >= 4 is 23.2 Å². The molecule has 1 heterocycles. The number of carbonyl (C=O) groups excluding carboxylic acids is 2. The first-order valence-electron chi connectivity index (χ1n) is 11.2. The first-order chi connectivity index (χ1) is 16.4. The van der Waals surface area contributed by atoms with Crippen LogP contribution in [-0.2, 0) is 6.54 Å². The molecule has 0 aliphatic heterocycles. The number of carbonyl (C=O) groups is 2. The molecule has 1 unspecified atom stereocenters. The van der Waals surface area contributed by atoms with Crippen LogP contribution in [0, 0.1) is 13.8 Å². The lowest BCUT2D eigenvalue weighted by Crippen LogP contribution is -2.26. The van der Waals surface area contributed by atoms with Crippen molar-refractivity contribution in [3.8, 4) is 0 Å². The topological polar surface area (TPSA) is 63.5 Å². The number of thiazole rings is 1. The van der Waals surface area contributed by atoms with E-state index in [2.05, 4.69) is 10.3 Å². The van der Waals surface area contributed by atoms with E-state index in [0.717, 1.165) is 22.4 Å². The summed E-state index contributed by atoms with van der Waals surface area (Å²) in [5.74, 6) is -0.361. The van der Waals surface area contributed by atoms with Crippen molar-refractivity contribution in [3.63, 3.8) is 0 Å². The third-order valence-electron chi connectivity index (χ3n) is 5.66. The summed E-state index contributed by atoms with van der Waals surface area (Å²) in [6.07, 6.45) is 0. The van der Waals surface area contributed by atoms with Gasteiger partial charge in [-0.3, -0.25) is 9.59 Å². The van der Waals surface area contributed by atoms with Crippen molar-refractivity contribution in [3.05, 3.63) is 123 Å². The van der Waals surface area contributed by atoms with E-state index in [4.69, 9.17) is 0 Å². The van der Waals surface area contributed by atoms with E-state index in [1.807, 2.05) is 104 Å². The lowest BCUT2D eigenvalue weighted by atomic mass is 10.1. The first-order valence-corrected chi connectivity index (χ1v) is 12.0. The average molecular weight is 470 g/mol. The molecule has 0 fully saturated rings. The van der Waals surface area contributed by atoms with Gasteiger partial charge in [0, 0.05) is 22.2 Å². The quantitative estimate of drug-likeness (QED) is 0.408. The highest BCUT2D eigenvalue weighted by Crippen LogP contribution is 2.14. The average Bonchev–Trinajstić information content (AvgIpc) is 3.18. The van der Waals surface area contributed by atoms with Gasteiger partial charge in [-0.25, -0.2) is 0 Å². The molecule has 0 saturated heterocycles. The fraction of sp³-hybridized carbons (Fsp3) is 0.179. The second-order valence-corrected chi connectivity index (χ2v) is 9.17. The van der Waals surface area contributed by atoms with Gasteiger partial charge in [0.05, 0.1) is 12.6 Å². The largest absolute Gasteiger partial charge is 0.346 e. The van der Waals surface area contributed by atoms with Crippen LogP contribution < -0.4 is 10.1 Å². The first kappa shape index (κ1) is 23.4. The second kappa shape index (κ2) is 10.4. The molecule has 1 aromatic heterocycles. The number of amides is 2. The van der Waals surface area contributed by atoms with Gasteiger partial charge in [-0.05, 0) is 56.2 Å². The van der Waals surface area contributed by atoms with Gasteiger partial charge in [0.15, 0.2) is 4.80 Å². The molecule has 3 aromatic carbocycles. The number of aromatic nitrogens is 1. The maximum atomic E-state index is 12.7. The lowest BCUT2D eigenvalue weighted by molar-refractivity contribution is 0.0938. The Labute approximate surface area is 203 Å². The van der Waals surface area contributed by atoms with Gasteiger partial charge < -0.3 is 9.88 Å². The van der Waals surface area contributed by atoms with Gasteiger partial charge in [0.2, 0.25) is 0 Å². The minimum Gasteiger partial charge on any atom is -0.346 e. The Kier molecular flexibility index (Phi) is 7.18. The highest BCUT2D eigenvalue weighted by atomic mass is 32.1. The van der Waals surface area contributed by atoms with Crippen LogP contribution in [0.5, 0.6) is 0 Å². The number of benzene rings is 3. The molecular weight excluding hydrogens is 442 g/mol. The maximum Gasteiger partial charge on any atom is 0.279 e. The Morgan fingerprint density at radius 2 is 1.68 bits per heavy atom. The van der Waals surface area contributed by atoms with Crippen LogP contribution >= 0.6 is 11.3 Å². The van der Waals surface area contributed by atoms with Gasteiger partial charge in [0.1, 0.15) is 0 Å². The maximum absolute atomic E-state index is 12.7. The minimum absolute atomic E-state index is 0.0764. The summed E-state index contributed by atoms with van der Waals surface area (Å²) in [7, 11) is 0. The van der Waals surface area contributed by atoms with Crippen molar-refractivity contribution in [2.24, 2.45) is 4.99 Å². The summed E-state index contributed by atoms with van der Waals surface area (Å²) in [6.45, 7) is 6.50. The van der Waals surface area contributed by atoms with E-state index < -0.39 is 0 Å². The zero-order valence-electron chi connectivity index (χ0n) is 19.5. The fourth-order valence-corrected chi connectivity index (χ4v) is 4.55. The third kappa shape index (κ3) is 5.58. The third-order valence-corrected chi connectivity index (χ3v) is 6.64. The molecule has 0 aliphatic carbocycles. The van der Waals surface area contributed by atoms with Gasteiger partial charge in [-0.15, -0.1) is 11.3 Å². The normalized spacial score (nSPS) is 12.4. The number of rotatable bonds is 6. The van der Waals surface area contributed by atoms with E-state index in [-0.39, 0.29) is 17.9 Å². The molecule has 4 aromatic rings. The Balaban J connectivity index is 1.48. The standard InChI is InChI=1S/C28H27N3O2S/c1-19-8-7-11-25(16-19)27(33)30-28-31(20(2)18-34-28)17-22-12-14-24(15-13-22)26(32)29-21(3)23-9-5-4-6-10-23/h4-16,18,21H,17H2,1-3H3,(H,29,32). The lowest BCUT2D eigenvalue weighted by Gasteiger charge is -2.14. The Hall–Kier alpha value is -3.77. The zero-order valence-corrected chi connectivity index (χ0v) is 20.3. The molecular formula is C28H27N3O2S. The number of hydrogen-bond acceptors (Lipinski definition) is 3. The van der Waals surface area contributed by atoms with Gasteiger partial charge in [0.25, 0.3) is 11.8 Å². The molecule has 6 heteroatoms. The SMILES string of the molecule is Cc1cccc(C(=O)N=c2scc(C)n2Cc2ccc(C(=O)NC(C)c3ccccc3)cc2)c1. The van der Waals surface area contributed by atoms with Gasteiger partial charge in [-0.2, -0.15) is 4.99 Å². The molecule has 4 rings (SSSR count). The predicted octanol–water partition coefficient (Wildman–Crippen LogP) is 5.45. The number of nitrogens with one attached hydrogen (secondary N) is 1. The van der Waals surface area contributed by atoms with Crippen LogP contribution in [0.4, 0.5) is 0 Å². The summed E-state index contributed by atoms with van der Waals surface area (Å²) in [5, 5.41) is 5.04. The van der Waals surface area contributed by atoms with Crippen LogP contribution in [0.25, 0.3) is 0 Å². The van der Waals surface area contributed by atoms with Crippen LogP contribution in [-0.4, -0.2) is 16.4 Å². The van der Waals surface area contributed by atoms with Crippen molar-refractivity contribution in [2.45, 2.75) is 33.4 Å². The number of aryl methyl sites for hydroxylation is 2. The predicted molar refractivity (Wildman–Crippen MR) is 136 cm³/mol. The second-order valence-electron chi connectivity index (χ2n) is 8.33. The van der Waals surface area contributed by atoms with E-state index >= 15 is 0 Å². The molecule has 0 aliphatic rings. The molecule has 0 spiro atoms. The summed E-state index contributed by atoms with van der Waals surface area (Å²) in [4.78, 5) is 30.4. The zero-order chi connectivity index (χ0) is 24.1. The van der Waals surface area contributed by atoms with Crippen LogP contribution in [0.2, 0.25) is 0 Å². The molecule has 1 atom stereocenters. The summed E-state index contributed by atoms with van der Waals surface area (Å²) in [5.41, 5.74) is 5.33. The van der Waals surface area contributed by atoms with E-state index in [1.165, 1.54) is 11.3 Å². The summed E-state index contributed by atoms with van der Waals surface area (Å²) < 4.78 is 2.02. The molecule has 172 valence electrons. The van der Waals surface area contributed by atoms with Crippen LogP contribution in [0.3, 0.4) is 0 Å². The smallest absolute Gasteiger partial charge is 0.279 e. The van der Waals surface area contributed by atoms with Crippen molar-refractivity contribution in [1.29, 1.82) is 0 Å². The Bertz CT molecular complexity index is 1370. The van der Waals surface area contributed by atoms with Crippen LogP contribution in [0.1, 0.15) is 56.1 Å². The molecule has 5 nitrogen and oxygen atoms in total. The minimum atomic E-state index is -0.251. The molecule has 2 amide bonds. The van der Waals surface area contributed by atoms with Crippen molar-refractivity contribution < 1.29 is 9.59 Å². The number of hydrogen-bond donors (Lipinski definition) is 1. The van der Waals surface area contributed by atoms with E-state index in [1.54, 1.807) is 6.07 Å². The van der Waals surface area contributed by atoms with Gasteiger partial charge in [-0.1, -0.05) is 60.2 Å². The van der Waals surface area contributed by atoms with E-state index in [9.17, 15) is 9.59 Å². The highest BCUT2D eigenvalue weighted by molar-refractivity contribution is 7.07. The fourth-order valence-electron chi connectivity index (χ4n) is 3.67. The molecule has 34 heavy (non-hydrogen) atoms. The molecule has 0 radical (unpaired) electrons. The van der Waals surface area contributed by atoms with Crippen molar-refractivity contribution in [1.82, 2.24) is 9.88 Å². The summed E-state index contributed by atoms with van der Waals surface area (Å²) >= 11 is 1.45. The van der Waals surface area contributed by atoms with Crippen molar-refractivity contribution in [2.75, 3.05) is 0 Å². The summed E-state index contributed by atoms with van der Waals surface area (Å²) in [6, 6.07) is 24.8. The van der Waals surface area contributed by atoms with Gasteiger partial charge >= 0.3 is 0 Å². The van der Waals surface area contributed by atoms with E-state index in [0.29, 0.717) is 22.5 Å². The monoisotopic (exact) mass is 469 g/mol. The molecule has 1 N–H and O–H groups in total.